The molecule has 0 bridgehead atoms. The molecule has 15 heteroatoms. The molecule has 4 aromatic rings. The van der Waals surface area contributed by atoms with Crippen LogP contribution in [0.4, 0.5) is 24.8 Å². The van der Waals surface area contributed by atoms with Crippen molar-refractivity contribution in [2.24, 2.45) is 7.05 Å². The molecule has 0 radical (unpaired) electrons. The third kappa shape index (κ3) is 5.13. The number of fused-ring (bicyclic) bond motifs is 2. The molecule has 6 rings (SSSR count). The van der Waals surface area contributed by atoms with Crippen molar-refractivity contribution in [1.29, 1.82) is 0 Å². The smallest absolute Gasteiger partial charge is 0.433 e. The minimum atomic E-state index is -4.62. The number of benzene rings is 1. The lowest BCUT2D eigenvalue weighted by atomic mass is 9.92. The highest BCUT2D eigenvalue weighted by atomic mass is 35.5. The summed E-state index contributed by atoms with van der Waals surface area (Å²) in [6, 6.07) is 5.62. The average molecular weight is 617 g/mol. The summed E-state index contributed by atoms with van der Waals surface area (Å²) in [4.78, 5) is 36.7. The molecule has 2 aliphatic rings. The van der Waals surface area contributed by atoms with Gasteiger partial charge in [-0.1, -0.05) is 11.6 Å². The minimum absolute atomic E-state index is 0.0978. The monoisotopic (exact) mass is 616 g/mol. The van der Waals surface area contributed by atoms with Crippen LogP contribution in [0.15, 0.2) is 30.5 Å². The van der Waals surface area contributed by atoms with E-state index in [0.717, 1.165) is 32.4 Å². The van der Waals surface area contributed by atoms with Crippen LogP contribution in [0.2, 0.25) is 5.15 Å². The Labute approximate surface area is 248 Å². The van der Waals surface area contributed by atoms with Crippen LogP contribution in [0.5, 0.6) is 5.75 Å². The van der Waals surface area contributed by atoms with E-state index in [-0.39, 0.29) is 41.7 Å². The number of nitrogens with one attached hydrogen (secondary N) is 1. The second-order valence-electron chi connectivity index (χ2n) is 10.6. The van der Waals surface area contributed by atoms with E-state index in [2.05, 4.69) is 15.4 Å². The number of amides is 2. The molecular weight excluding hydrogens is 589 g/mol. The number of hydrogen-bond donors (Lipinski definition) is 2. The van der Waals surface area contributed by atoms with Crippen molar-refractivity contribution < 1.29 is 27.5 Å². The van der Waals surface area contributed by atoms with Crippen LogP contribution in [-0.2, 0) is 18.0 Å². The van der Waals surface area contributed by atoms with E-state index in [1.165, 1.54) is 18.3 Å². The number of imidazole rings is 1. The first-order valence-corrected chi connectivity index (χ1v) is 14.2. The van der Waals surface area contributed by atoms with Crippen LogP contribution in [-0.4, -0.2) is 60.1 Å². The summed E-state index contributed by atoms with van der Waals surface area (Å²) < 4.78 is 47.9. The quantitative estimate of drug-likeness (QED) is 0.315. The van der Waals surface area contributed by atoms with E-state index in [0.29, 0.717) is 51.1 Å². The number of nitrogens with two attached hydrogens (primary N) is 1. The fraction of sp³-hybridized carbons (Fsp3) is 0.393. The maximum absolute atomic E-state index is 13.2. The van der Waals surface area contributed by atoms with Crippen LogP contribution in [0.1, 0.15) is 60.4 Å². The third-order valence-corrected chi connectivity index (χ3v) is 8.23. The van der Waals surface area contributed by atoms with E-state index in [9.17, 15) is 22.8 Å². The minimum Gasteiger partial charge on any atom is -0.493 e. The van der Waals surface area contributed by atoms with Crippen molar-refractivity contribution in [3.63, 3.8) is 0 Å². The molecule has 3 N–H and O–H groups in total. The van der Waals surface area contributed by atoms with Crippen LogP contribution in [0.3, 0.4) is 0 Å². The molecule has 0 unspecified atom stereocenters. The van der Waals surface area contributed by atoms with Gasteiger partial charge in [0.15, 0.2) is 5.82 Å². The fourth-order valence-corrected chi connectivity index (χ4v) is 6.21. The summed E-state index contributed by atoms with van der Waals surface area (Å²) in [5.41, 5.74) is 6.90. The summed E-state index contributed by atoms with van der Waals surface area (Å²) >= 11 is 6.64. The number of ether oxygens (including phenoxy) is 1. The molecule has 0 aliphatic carbocycles. The number of piperidine rings is 1. The highest BCUT2D eigenvalue weighted by molar-refractivity contribution is 6.30. The Morgan fingerprint density at radius 1 is 1.23 bits per heavy atom. The number of aromatic nitrogens is 5. The molecule has 0 saturated carbocycles. The van der Waals surface area contributed by atoms with E-state index < -0.39 is 17.8 Å². The predicted octanol–water partition coefficient (Wildman–Crippen LogP) is 4.90. The summed E-state index contributed by atoms with van der Waals surface area (Å²) in [7, 11) is 1.14. The zero-order valence-electron chi connectivity index (χ0n) is 23.3. The topological polar surface area (TPSA) is 133 Å². The lowest BCUT2D eigenvalue weighted by molar-refractivity contribution is -0.143. The lowest BCUT2D eigenvalue weighted by Gasteiger charge is -2.34. The fourth-order valence-electron chi connectivity index (χ4n) is 5.99. The largest absolute Gasteiger partial charge is 0.493 e. The number of nitrogen functional groups attached to an aromatic ring is 1. The summed E-state index contributed by atoms with van der Waals surface area (Å²) in [5.74, 6) is 0.246. The number of anilines is 2. The molecular formula is C28H28ClF3N8O3. The van der Waals surface area contributed by atoms with E-state index in [4.69, 9.17) is 27.1 Å². The van der Waals surface area contributed by atoms with Gasteiger partial charge >= 0.3 is 6.18 Å². The highest BCUT2D eigenvalue weighted by Gasteiger charge is 2.39. The molecule has 0 spiro atoms. The molecule has 1 aromatic carbocycles. The van der Waals surface area contributed by atoms with Crippen LogP contribution < -0.4 is 15.8 Å². The Morgan fingerprint density at radius 3 is 2.74 bits per heavy atom. The summed E-state index contributed by atoms with van der Waals surface area (Å²) in [6.45, 7) is 2.54. The second-order valence-corrected chi connectivity index (χ2v) is 11.0. The lowest BCUT2D eigenvalue weighted by Crippen LogP contribution is -2.41. The molecule has 2 saturated heterocycles. The Kier molecular flexibility index (Phi) is 7.19. The Morgan fingerprint density at radius 2 is 2.02 bits per heavy atom. The number of carbonyl (C=O) groups excluding carboxylic acids is 2. The van der Waals surface area contributed by atoms with Gasteiger partial charge in [0, 0.05) is 49.2 Å². The van der Waals surface area contributed by atoms with Gasteiger partial charge in [-0.25, -0.2) is 9.97 Å². The number of rotatable bonds is 6. The van der Waals surface area contributed by atoms with E-state index in [1.807, 2.05) is 4.90 Å². The second kappa shape index (κ2) is 10.7. The highest BCUT2D eigenvalue weighted by Crippen LogP contribution is 2.41. The summed E-state index contributed by atoms with van der Waals surface area (Å²) in [6.07, 6.45) is -0.101. The Hall–Kier alpha value is -4.33. The number of halogens is 4. The van der Waals surface area contributed by atoms with Gasteiger partial charge < -0.3 is 20.7 Å². The first-order valence-electron chi connectivity index (χ1n) is 13.8. The number of nitrogens with zero attached hydrogens (tertiary/aromatic N) is 6. The number of hydrogen-bond acceptors (Lipinski definition) is 7. The van der Waals surface area contributed by atoms with Gasteiger partial charge in [0.1, 0.15) is 39.4 Å². The molecule has 226 valence electrons. The van der Waals surface area contributed by atoms with Crippen LogP contribution >= 0.6 is 11.6 Å². The zero-order valence-corrected chi connectivity index (χ0v) is 24.0. The first kappa shape index (κ1) is 28.8. The van der Waals surface area contributed by atoms with Crippen molar-refractivity contribution in [3.05, 3.63) is 52.7 Å². The van der Waals surface area contributed by atoms with Gasteiger partial charge in [-0.3, -0.25) is 18.7 Å². The van der Waals surface area contributed by atoms with E-state index in [1.54, 1.807) is 17.4 Å². The van der Waals surface area contributed by atoms with Gasteiger partial charge in [-0.15, -0.1) is 0 Å². The van der Waals surface area contributed by atoms with Crippen molar-refractivity contribution in [1.82, 2.24) is 29.0 Å². The molecule has 3 aromatic heterocycles. The third-order valence-electron chi connectivity index (χ3n) is 7.96. The maximum Gasteiger partial charge on any atom is 0.433 e. The number of alkyl halides is 3. The van der Waals surface area contributed by atoms with Gasteiger partial charge in [-0.2, -0.15) is 18.3 Å². The van der Waals surface area contributed by atoms with Gasteiger partial charge in [0.05, 0.1) is 12.8 Å². The molecule has 2 fully saturated rings. The standard InChI is InChI=1S/C28H28ClF3N8O3/c1-3-43-18-10-14(27(42)35-21-11-19(28(30,31)32)38(2)37-21)5-8-17(18)23-24-25(33)34-12-20(29)40(24)26(36-23)15-4-6-16-7-9-22(41)39(16)13-15/h5,8,10-12,15-16H,3-4,6-7,9,13H2,1-2H3,(H2,33,34)(H,35,37,42)/t15-,16+/m1/s1. The van der Waals surface area contributed by atoms with E-state index >= 15 is 0 Å². The average Bonchev–Trinajstić information content (AvgIpc) is 3.66. The van der Waals surface area contributed by atoms with Gasteiger partial charge in [-0.05, 0) is 44.4 Å². The molecule has 11 nitrogen and oxygen atoms in total. The molecule has 5 heterocycles. The predicted molar refractivity (Wildman–Crippen MR) is 152 cm³/mol. The maximum atomic E-state index is 13.2. The normalized spacial score (nSPS) is 18.7. The van der Waals surface area contributed by atoms with Crippen molar-refractivity contribution in [3.8, 4) is 17.0 Å². The first-order chi connectivity index (χ1) is 20.5. The van der Waals surface area contributed by atoms with Crippen molar-refractivity contribution >= 4 is 40.6 Å². The molecule has 2 atom stereocenters. The zero-order chi connectivity index (χ0) is 30.6. The summed E-state index contributed by atoms with van der Waals surface area (Å²) in [5, 5.41) is 6.46. The van der Waals surface area contributed by atoms with Crippen LogP contribution in [0, 0.1) is 0 Å². The molecule has 2 amide bonds. The molecule has 43 heavy (non-hydrogen) atoms. The SMILES string of the molecule is CCOc1cc(C(=O)Nc2cc(C(F)(F)F)n(C)n2)ccc1-c1nc([C@@H]2CC[C@H]3CCC(=O)N3C2)n2c(Cl)cnc(N)c12. The van der Waals surface area contributed by atoms with Gasteiger partial charge in [0.2, 0.25) is 5.91 Å². The van der Waals surface area contributed by atoms with Crippen LogP contribution in [0.25, 0.3) is 16.8 Å². The Bertz CT molecular complexity index is 1750. The van der Waals surface area contributed by atoms with Gasteiger partial charge in [0.25, 0.3) is 5.91 Å². The van der Waals surface area contributed by atoms with Crippen molar-refractivity contribution in [2.75, 3.05) is 24.2 Å². The number of aryl methyl sites for hydroxylation is 1. The van der Waals surface area contributed by atoms with Crippen molar-refractivity contribution in [2.45, 2.75) is 50.7 Å². The number of carbonyl (C=O) groups is 2. The molecule has 2 aliphatic heterocycles. The Balaban J connectivity index is 1.38.